The molecule has 0 radical (unpaired) electrons. The standard InChI is InChI=1S/C25H37N3O6/c1-24-9-7-15(28-34-13-22(31)27-19(23(32)33)12-21(26)30)11-14(24)3-4-16-17-5-6-20(29)25(17,2)10-8-18(16)24/h11,16-20,29H,3-10,12-13H2,1-2H3,(H2,26,30)(H,27,31)(H,32,33)/b28-15+/t16-,17+,18+,19+,20+,24+,25+/m1/s1. The van der Waals surface area contributed by atoms with Gasteiger partial charge in [0.15, 0.2) is 6.61 Å². The second kappa shape index (κ2) is 9.32. The van der Waals surface area contributed by atoms with Gasteiger partial charge in [-0.2, -0.15) is 0 Å². The quantitative estimate of drug-likeness (QED) is 0.414. The van der Waals surface area contributed by atoms with Gasteiger partial charge in [0.1, 0.15) is 6.04 Å². The third-order valence-corrected chi connectivity index (χ3v) is 9.34. The van der Waals surface area contributed by atoms with Crippen molar-refractivity contribution in [1.29, 1.82) is 0 Å². The molecule has 9 nitrogen and oxygen atoms in total. The van der Waals surface area contributed by atoms with Crippen LogP contribution in [0.5, 0.6) is 0 Å². The van der Waals surface area contributed by atoms with Gasteiger partial charge in [-0.05, 0) is 86.0 Å². The molecule has 0 aromatic carbocycles. The smallest absolute Gasteiger partial charge is 0.326 e. The molecule has 4 rings (SSSR count). The van der Waals surface area contributed by atoms with Crippen molar-refractivity contribution in [2.45, 2.75) is 83.8 Å². The number of nitrogens with zero attached hydrogens (tertiary/aromatic N) is 1. The van der Waals surface area contributed by atoms with Gasteiger partial charge in [-0.25, -0.2) is 4.79 Å². The van der Waals surface area contributed by atoms with Crippen LogP contribution in [0.1, 0.15) is 71.6 Å². The number of aliphatic hydroxyl groups excluding tert-OH is 1. The Morgan fingerprint density at radius 1 is 1.18 bits per heavy atom. The fourth-order valence-corrected chi connectivity index (χ4v) is 7.43. The lowest BCUT2D eigenvalue weighted by Crippen LogP contribution is -2.51. The van der Waals surface area contributed by atoms with Crippen LogP contribution in [0.2, 0.25) is 0 Å². The number of hydrogen-bond acceptors (Lipinski definition) is 6. The molecule has 4 aliphatic rings. The lowest BCUT2D eigenvalue weighted by atomic mass is 9.47. The zero-order chi connectivity index (χ0) is 24.7. The second-order valence-electron chi connectivity index (χ2n) is 11.1. The average molecular weight is 476 g/mol. The van der Waals surface area contributed by atoms with Crippen molar-refractivity contribution in [2.75, 3.05) is 6.61 Å². The first-order valence-corrected chi connectivity index (χ1v) is 12.4. The SMILES string of the molecule is C[C@]12CC[C@H]3[C@H](CCC4=C/C(=N/OCC(=O)N[C@@H](CC(N)=O)C(=O)O)CC[C@@]43C)[C@@H]1CC[C@@H]2O. The Bertz CT molecular complexity index is 916. The Labute approximate surface area is 200 Å². The van der Waals surface area contributed by atoms with Crippen molar-refractivity contribution in [2.24, 2.45) is 39.5 Å². The van der Waals surface area contributed by atoms with E-state index in [1.807, 2.05) is 0 Å². The zero-order valence-electron chi connectivity index (χ0n) is 20.1. The summed E-state index contributed by atoms with van der Waals surface area (Å²) < 4.78 is 0. The highest BCUT2D eigenvalue weighted by molar-refractivity contribution is 5.96. The van der Waals surface area contributed by atoms with Crippen molar-refractivity contribution in [3.05, 3.63) is 11.6 Å². The third-order valence-electron chi connectivity index (χ3n) is 9.34. The number of nitrogens with one attached hydrogen (secondary N) is 1. The van der Waals surface area contributed by atoms with Crippen molar-refractivity contribution >= 4 is 23.5 Å². The molecule has 188 valence electrons. The number of primary amides is 1. The lowest BCUT2D eigenvalue weighted by Gasteiger charge is -2.57. The van der Waals surface area contributed by atoms with Crippen molar-refractivity contribution in [1.82, 2.24) is 5.32 Å². The molecule has 3 saturated carbocycles. The molecule has 0 spiro atoms. The average Bonchev–Trinajstić information content (AvgIpc) is 3.07. The van der Waals surface area contributed by atoms with E-state index in [2.05, 4.69) is 30.4 Å². The van der Waals surface area contributed by atoms with E-state index in [4.69, 9.17) is 15.7 Å². The molecular weight excluding hydrogens is 438 g/mol. The molecule has 0 saturated heterocycles. The maximum atomic E-state index is 12.0. The van der Waals surface area contributed by atoms with Gasteiger partial charge in [0.25, 0.3) is 5.91 Å². The summed E-state index contributed by atoms with van der Waals surface area (Å²) >= 11 is 0. The maximum Gasteiger partial charge on any atom is 0.326 e. The fourth-order valence-electron chi connectivity index (χ4n) is 7.43. The largest absolute Gasteiger partial charge is 0.480 e. The first kappa shape index (κ1) is 24.7. The number of carbonyl (C=O) groups excluding carboxylic acids is 2. The molecular formula is C25H37N3O6. The van der Waals surface area contributed by atoms with E-state index in [1.54, 1.807) is 0 Å². The second-order valence-corrected chi connectivity index (χ2v) is 11.1. The Morgan fingerprint density at radius 2 is 1.94 bits per heavy atom. The van der Waals surface area contributed by atoms with Gasteiger partial charge in [0.2, 0.25) is 5.91 Å². The monoisotopic (exact) mass is 475 g/mol. The van der Waals surface area contributed by atoms with Gasteiger partial charge in [-0.15, -0.1) is 0 Å². The van der Waals surface area contributed by atoms with Crippen LogP contribution in [-0.4, -0.2) is 52.5 Å². The number of amides is 2. The number of oxime groups is 1. The number of allylic oxidation sites excluding steroid dienone is 2. The molecule has 34 heavy (non-hydrogen) atoms. The first-order chi connectivity index (χ1) is 16.0. The maximum absolute atomic E-state index is 12.0. The molecule has 7 atom stereocenters. The molecule has 9 heteroatoms. The molecule has 0 aromatic rings. The summed E-state index contributed by atoms with van der Waals surface area (Å²) in [6, 6.07) is -1.38. The molecule has 0 aromatic heterocycles. The van der Waals surface area contributed by atoms with Crippen LogP contribution < -0.4 is 11.1 Å². The van der Waals surface area contributed by atoms with E-state index in [1.165, 1.54) is 5.57 Å². The van der Waals surface area contributed by atoms with E-state index in [-0.39, 0.29) is 16.9 Å². The zero-order valence-corrected chi connectivity index (χ0v) is 20.1. The van der Waals surface area contributed by atoms with E-state index in [9.17, 15) is 19.5 Å². The minimum Gasteiger partial charge on any atom is -0.480 e. The summed E-state index contributed by atoms with van der Waals surface area (Å²) in [7, 11) is 0. The molecule has 4 aliphatic carbocycles. The number of nitrogens with two attached hydrogens (primary N) is 1. The lowest BCUT2D eigenvalue weighted by molar-refractivity contribution is -0.144. The number of carbonyl (C=O) groups is 3. The Kier molecular flexibility index (Phi) is 6.77. The number of rotatable bonds is 7. The van der Waals surface area contributed by atoms with Gasteiger partial charge in [0, 0.05) is 0 Å². The van der Waals surface area contributed by atoms with E-state index < -0.39 is 36.9 Å². The number of fused-ring (bicyclic) bond motifs is 5. The number of aliphatic hydroxyl groups is 1. The highest BCUT2D eigenvalue weighted by Gasteiger charge is 2.58. The Balaban J connectivity index is 1.37. The van der Waals surface area contributed by atoms with E-state index in [0.29, 0.717) is 17.8 Å². The van der Waals surface area contributed by atoms with Crippen molar-refractivity contribution in [3.8, 4) is 0 Å². The Hall–Kier alpha value is -2.42. The van der Waals surface area contributed by atoms with Gasteiger partial charge < -0.3 is 26.1 Å². The number of aliphatic carboxylic acids is 1. The minimum absolute atomic E-state index is 0.0749. The number of hydrogen-bond donors (Lipinski definition) is 4. The highest BCUT2D eigenvalue weighted by atomic mass is 16.6. The van der Waals surface area contributed by atoms with Crippen molar-refractivity contribution in [3.63, 3.8) is 0 Å². The molecule has 0 bridgehead atoms. The van der Waals surface area contributed by atoms with Crippen LogP contribution in [0.25, 0.3) is 0 Å². The topological polar surface area (TPSA) is 151 Å². The van der Waals surface area contributed by atoms with Crippen molar-refractivity contribution < 1.29 is 29.4 Å². The predicted octanol–water partition coefficient (Wildman–Crippen LogP) is 2.13. The normalized spacial score (nSPS) is 38.7. The summed E-state index contributed by atoms with van der Waals surface area (Å²) in [5.41, 5.74) is 7.43. The summed E-state index contributed by atoms with van der Waals surface area (Å²) in [4.78, 5) is 39.3. The number of carboxylic acids is 1. The van der Waals surface area contributed by atoms with Gasteiger partial charge in [-0.1, -0.05) is 24.6 Å². The summed E-state index contributed by atoms with van der Waals surface area (Å²) in [5, 5.41) is 26.1. The summed E-state index contributed by atoms with van der Waals surface area (Å²) in [6.45, 7) is 4.25. The highest BCUT2D eigenvalue weighted by Crippen LogP contribution is 2.65. The predicted molar refractivity (Wildman–Crippen MR) is 124 cm³/mol. The van der Waals surface area contributed by atoms with Crippen LogP contribution in [0, 0.1) is 28.6 Å². The van der Waals surface area contributed by atoms with Crippen LogP contribution >= 0.6 is 0 Å². The van der Waals surface area contributed by atoms with Crippen LogP contribution in [0.15, 0.2) is 16.8 Å². The van der Waals surface area contributed by atoms with E-state index >= 15 is 0 Å². The number of carboxylic acid groups (broad SMARTS) is 1. The molecule has 2 amide bonds. The fraction of sp³-hybridized carbons (Fsp3) is 0.760. The molecule has 3 fully saturated rings. The summed E-state index contributed by atoms with van der Waals surface area (Å²) in [6.07, 6.45) is 9.71. The van der Waals surface area contributed by atoms with E-state index in [0.717, 1.165) is 57.1 Å². The van der Waals surface area contributed by atoms with Gasteiger partial charge in [0.05, 0.1) is 18.2 Å². The molecule has 0 aliphatic heterocycles. The molecule has 0 unspecified atom stereocenters. The summed E-state index contributed by atoms with van der Waals surface area (Å²) in [5.74, 6) is -0.911. The molecule has 5 N–H and O–H groups in total. The first-order valence-electron chi connectivity index (χ1n) is 12.4. The van der Waals surface area contributed by atoms with Crippen LogP contribution in [0.3, 0.4) is 0 Å². The van der Waals surface area contributed by atoms with Gasteiger partial charge >= 0.3 is 5.97 Å². The van der Waals surface area contributed by atoms with Crippen LogP contribution in [0.4, 0.5) is 0 Å². The van der Waals surface area contributed by atoms with Gasteiger partial charge in [-0.3, -0.25) is 9.59 Å². The Morgan fingerprint density at radius 3 is 2.65 bits per heavy atom. The third kappa shape index (κ3) is 4.46. The molecule has 0 heterocycles. The minimum atomic E-state index is -1.38. The van der Waals surface area contributed by atoms with Crippen LogP contribution in [-0.2, 0) is 19.2 Å².